The number of amides is 1. The Morgan fingerprint density at radius 3 is 2.76 bits per heavy atom. The molecule has 0 spiro atoms. The number of carbonyl (C=O) groups excluding carboxylic acids is 2. The molecule has 1 fully saturated rings. The third-order valence-corrected chi connectivity index (χ3v) is 3.81. The third-order valence-electron chi connectivity index (χ3n) is 3.81. The predicted molar refractivity (Wildman–Crippen MR) is 81.2 cm³/mol. The lowest BCUT2D eigenvalue weighted by Crippen LogP contribution is -2.49. The van der Waals surface area contributed by atoms with E-state index >= 15 is 0 Å². The summed E-state index contributed by atoms with van der Waals surface area (Å²) in [7, 11) is 2.97. The fourth-order valence-electron chi connectivity index (χ4n) is 2.72. The molecule has 21 heavy (non-hydrogen) atoms. The zero-order chi connectivity index (χ0) is 15.4. The fourth-order valence-corrected chi connectivity index (χ4v) is 2.72. The number of nitrogen functional groups attached to an aromatic ring is 1. The number of methoxy groups -OCH3 is 1. The van der Waals surface area contributed by atoms with Gasteiger partial charge in [-0.1, -0.05) is 0 Å². The van der Waals surface area contributed by atoms with Crippen molar-refractivity contribution in [3.05, 3.63) is 23.8 Å². The van der Waals surface area contributed by atoms with Gasteiger partial charge in [0.2, 0.25) is 5.91 Å². The van der Waals surface area contributed by atoms with E-state index in [1.807, 2.05) is 4.90 Å². The second-order valence-corrected chi connectivity index (χ2v) is 5.08. The molecule has 6 heteroatoms. The number of nitrogens with one attached hydrogen (secondary N) is 1. The van der Waals surface area contributed by atoms with Gasteiger partial charge < -0.3 is 20.7 Å². The lowest BCUT2D eigenvalue weighted by atomic mass is 9.99. The van der Waals surface area contributed by atoms with Crippen LogP contribution in [-0.4, -0.2) is 38.6 Å². The number of carbonyl (C=O) groups is 2. The fraction of sp³-hybridized carbons (Fsp3) is 0.467. The number of hydrogen-bond donors (Lipinski definition) is 2. The number of hydrogen-bond acceptors (Lipinski definition) is 5. The Morgan fingerprint density at radius 1 is 1.38 bits per heavy atom. The van der Waals surface area contributed by atoms with Gasteiger partial charge in [-0.3, -0.25) is 4.79 Å². The lowest BCUT2D eigenvalue weighted by Gasteiger charge is -2.37. The molecule has 1 aromatic carbocycles. The van der Waals surface area contributed by atoms with Crippen LogP contribution in [0.25, 0.3) is 0 Å². The first-order valence-electron chi connectivity index (χ1n) is 7.04. The van der Waals surface area contributed by atoms with Gasteiger partial charge in [0.05, 0.1) is 24.0 Å². The van der Waals surface area contributed by atoms with Crippen LogP contribution in [0.3, 0.4) is 0 Å². The van der Waals surface area contributed by atoms with Crippen LogP contribution in [-0.2, 0) is 9.53 Å². The van der Waals surface area contributed by atoms with E-state index in [4.69, 9.17) is 5.73 Å². The molecule has 6 nitrogen and oxygen atoms in total. The molecular weight excluding hydrogens is 270 g/mol. The number of rotatable bonds is 3. The van der Waals surface area contributed by atoms with Gasteiger partial charge in [-0.2, -0.15) is 0 Å². The van der Waals surface area contributed by atoms with Crippen LogP contribution < -0.4 is 16.0 Å². The molecule has 2 rings (SSSR count). The molecule has 1 aliphatic rings. The zero-order valence-corrected chi connectivity index (χ0v) is 12.4. The van der Waals surface area contributed by atoms with Gasteiger partial charge in [0.25, 0.3) is 0 Å². The van der Waals surface area contributed by atoms with Crippen molar-refractivity contribution in [2.45, 2.75) is 25.3 Å². The molecule has 0 aliphatic carbocycles. The van der Waals surface area contributed by atoms with Gasteiger partial charge in [0, 0.05) is 13.6 Å². The Bertz CT molecular complexity index is 545. The van der Waals surface area contributed by atoms with Crippen molar-refractivity contribution in [1.82, 2.24) is 5.32 Å². The first-order chi connectivity index (χ1) is 10.1. The van der Waals surface area contributed by atoms with Crippen LogP contribution in [0.5, 0.6) is 0 Å². The van der Waals surface area contributed by atoms with Crippen LogP contribution in [0.2, 0.25) is 0 Å². The predicted octanol–water partition coefficient (Wildman–Crippen LogP) is 1.16. The summed E-state index contributed by atoms with van der Waals surface area (Å²) in [6.07, 6.45) is 2.85. The Labute approximate surface area is 124 Å². The minimum Gasteiger partial charge on any atom is -0.465 e. The van der Waals surface area contributed by atoms with Gasteiger partial charge in [0.15, 0.2) is 0 Å². The van der Waals surface area contributed by atoms with E-state index in [0.717, 1.165) is 31.5 Å². The van der Waals surface area contributed by atoms with Crippen LogP contribution in [0.4, 0.5) is 11.4 Å². The lowest BCUT2D eigenvalue weighted by molar-refractivity contribution is -0.122. The highest BCUT2D eigenvalue weighted by molar-refractivity contribution is 5.93. The number of esters is 1. The Hall–Kier alpha value is -2.24. The summed E-state index contributed by atoms with van der Waals surface area (Å²) >= 11 is 0. The molecule has 1 aromatic rings. The van der Waals surface area contributed by atoms with Crippen molar-refractivity contribution >= 4 is 23.3 Å². The highest BCUT2D eigenvalue weighted by Gasteiger charge is 2.29. The number of piperidine rings is 1. The summed E-state index contributed by atoms with van der Waals surface area (Å²) in [5.74, 6) is -0.430. The van der Waals surface area contributed by atoms with Gasteiger partial charge in [-0.15, -0.1) is 0 Å². The van der Waals surface area contributed by atoms with E-state index in [-0.39, 0.29) is 11.9 Å². The molecule has 0 bridgehead atoms. The van der Waals surface area contributed by atoms with Crippen molar-refractivity contribution in [2.24, 2.45) is 0 Å². The minimum atomic E-state index is -0.422. The minimum absolute atomic E-state index is 0.00820. The molecule has 114 valence electrons. The van der Waals surface area contributed by atoms with Crippen LogP contribution in [0.1, 0.15) is 29.6 Å². The molecule has 1 aliphatic heterocycles. The molecule has 0 radical (unpaired) electrons. The molecule has 1 atom stereocenters. The Balaban J connectivity index is 2.31. The Kier molecular flexibility index (Phi) is 4.67. The smallest absolute Gasteiger partial charge is 0.337 e. The van der Waals surface area contributed by atoms with Crippen LogP contribution in [0.15, 0.2) is 18.2 Å². The van der Waals surface area contributed by atoms with Gasteiger partial charge in [-0.25, -0.2) is 4.79 Å². The number of nitrogens with zero attached hydrogens (tertiary/aromatic N) is 1. The molecule has 1 saturated heterocycles. The largest absolute Gasteiger partial charge is 0.465 e. The second kappa shape index (κ2) is 6.47. The van der Waals surface area contributed by atoms with Gasteiger partial charge in [-0.05, 0) is 37.5 Å². The number of benzene rings is 1. The molecule has 3 N–H and O–H groups in total. The maximum absolute atomic E-state index is 12.0. The highest BCUT2D eigenvalue weighted by Crippen LogP contribution is 2.30. The number of likely N-dealkylation sites (N-methyl/N-ethyl adjacent to an activating group) is 1. The van der Waals surface area contributed by atoms with Gasteiger partial charge in [0.1, 0.15) is 6.04 Å². The third kappa shape index (κ3) is 3.09. The van der Waals surface area contributed by atoms with Crippen molar-refractivity contribution < 1.29 is 14.3 Å². The molecular formula is C15H21N3O3. The van der Waals surface area contributed by atoms with Crippen molar-refractivity contribution in [1.29, 1.82) is 0 Å². The first-order valence-corrected chi connectivity index (χ1v) is 7.04. The van der Waals surface area contributed by atoms with Crippen LogP contribution in [0, 0.1) is 0 Å². The summed E-state index contributed by atoms with van der Waals surface area (Å²) in [6, 6.07) is 4.84. The summed E-state index contributed by atoms with van der Waals surface area (Å²) in [5.41, 5.74) is 7.75. The molecule has 1 heterocycles. The zero-order valence-electron chi connectivity index (χ0n) is 12.4. The standard InChI is InChI=1S/C15H21N3O3/c1-17-14(19)13-5-3-4-8-18(13)12-7-6-10(9-11(12)16)15(20)21-2/h6-7,9,13H,3-5,8,16H2,1-2H3,(H,17,19). The van der Waals surface area contributed by atoms with Crippen LogP contribution >= 0.6 is 0 Å². The van der Waals surface area contributed by atoms with E-state index in [1.165, 1.54) is 7.11 Å². The van der Waals surface area contributed by atoms with E-state index in [9.17, 15) is 9.59 Å². The highest BCUT2D eigenvalue weighted by atomic mass is 16.5. The average molecular weight is 291 g/mol. The molecule has 1 unspecified atom stereocenters. The maximum Gasteiger partial charge on any atom is 0.337 e. The molecule has 0 saturated carbocycles. The summed E-state index contributed by atoms with van der Waals surface area (Å²) in [4.78, 5) is 25.5. The average Bonchev–Trinajstić information content (AvgIpc) is 2.53. The van der Waals surface area contributed by atoms with E-state index in [0.29, 0.717) is 11.3 Å². The number of nitrogens with two attached hydrogens (primary N) is 1. The summed E-state index contributed by atoms with van der Waals surface area (Å²) in [6.45, 7) is 0.778. The second-order valence-electron chi connectivity index (χ2n) is 5.08. The quantitative estimate of drug-likeness (QED) is 0.645. The SMILES string of the molecule is CNC(=O)C1CCCCN1c1ccc(C(=O)OC)cc1N. The van der Waals surface area contributed by atoms with Crippen molar-refractivity contribution in [3.63, 3.8) is 0 Å². The molecule has 0 aromatic heterocycles. The Morgan fingerprint density at radius 2 is 2.14 bits per heavy atom. The summed E-state index contributed by atoms with van der Waals surface area (Å²) < 4.78 is 4.68. The van der Waals surface area contributed by atoms with E-state index in [1.54, 1.807) is 25.2 Å². The van der Waals surface area contributed by atoms with Gasteiger partial charge >= 0.3 is 5.97 Å². The van der Waals surface area contributed by atoms with E-state index < -0.39 is 5.97 Å². The summed E-state index contributed by atoms with van der Waals surface area (Å²) in [5, 5.41) is 2.70. The molecule has 1 amide bonds. The van der Waals surface area contributed by atoms with Crippen molar-refractivity contribution in [3.8, 4) is 0 Å². The van der Waals surface area contributed by atoms with E-state index in [2.05, 4.69) is 10.1 Å². The van der Waals surface area contributed by atoms with Crippen molar-refractivity contribution in [2.75, 3.05) is 31.3 Å². The topological polar surface area (TPSA) is 84.7 Å². The normalized spacial score (nSPS) is 18.2. The first kappa shape index (κ1) is 15.2. The monoisotopic (exact) mass is 291 g/mol. The number of anilines is 2. The maximum atomic E-state index is 12.0. The number of ether oxygens (including phenoxy) is 1.